The second kappa shape index (κ2) is 11.3. The van der Waals surface area contributed by atoms with Crippen molar-refractivity contribution in [1.29, 1.82) is 0 Å². The Bertz CT molecular complexity index is 919. The van der Waals surface area contributed by atoms with Gasteiger partial charge >= 0.3 is 39.5 Å². The van der Waals surface area contributed by atoms with Crippen LogP contribution in [0, 0.1) is 6.92 Å². The number of allylic oxidation sites excluding steroid dienone is 2. The average molecular weight is 482 g/mol. The molecule has 29 heavy (non-hydrogen) atoms. The number of rotatable bonds is 4. The Morgan fingerprint density at radius 3 is 2.00 bits per heavy atom. The summed E-state index contributed by atoms with van der Waals surface area (Å²) in [4.78, 5) is 12.9. The SMILES string of the molecule is Cc1ccc(N=CC2=NC(C=Nc3ccc(C(F)(F)F)cc3)=CC2)cc1.[Cl][Fe][Cl]. The topological polar surface area (TPSA) is 37.1 Å². The van der Waals surface area contributed by atoms with Crippen LogP contribution in [0.15, 0.2) is 75.3 Å². The predicted molar refractivity (Wildman–Crippen MR) is 111 cm³/mol. The van der Waals surface area contributed by atoms with Crippen LogP contribution in [0.2, 0.25) is 0 Å². The number of hydrogen-bond donors (Lipinski definition) is 0. The molecule has 0 fully saturated rings. The van der Waals surface area contributed by atoms with Crippen LogP contribution < -0.4 is 0 Å². The van der Waals surface area contributed by atoms with Gasteiger partial charge in [-0.2, -0.15) is 13.2 Å². The molecule has 2 aromatic carbocycles. The van der Waals surface area contributed by atoms with E-state index in [2.05, 4.69) is 15.0 Å². The maximum absolute atomic E-state index is 12.5. The van der Waals surface area contributed by atoms with Crippen LogP contribution in [0.1, 0.15) is 17.5 Å². The van der Waals surface area contributed by atoms with Crippen molar-refractivity contribution in [2.24, 2.45) is 15.0 Å². The van der Waals surface area contributed by atoms with Crippen LogP contribution in [0.3, 0.4) is 0 Å². The van der Waals surface area contributed by atoms with Crippen LogP contribution in [-0.4, -0.2) is 18.1 Å². The van der Waals surface area contributed by atoms with E-state index in [4.69, 9.17) is 20.2 Å². The Hall–Kier alpha value is -1.92. The third-order valence-corrected chi connectivity index (χ3v) is 3.73. The molecule has 1 heterocycles. The summed E-state index contributed by atoms with van der Waals surface area (Å²) in [6.45, 7) is 2.01. The van der Waals surface area contributed by atoms with Crippen LogP contribution in [0.4, 0.5) is 24.5 Å². The monoisotopic (exact) mass is 481 g/mol. The van der Waals surface area contributed by atoms with Crippen molar-refractivity contribution in [3.63, 3.8) is 0 Å². The van der Waals surface area contributed by atoms with E-state index in [1.54, 1.807) is 6.21 Å². The minimum atomic E-state index is -4.34. The molecular weight excluding hydrogens is 466 g/mol. The molecule has 0 spiro atoms. The number of halogens is 5. The van der Waals surface area contributed by atoms with E-state index in [0.717, 1.165) is 23.5 Å². The second-order valence-corrected chi connectivity index (χ2v) is 7.71. The summed E-state index contributed by atoms with van der Waals surface area (Å²) in [6, 6.07) is 12.5. The van der Waals surface area contributed by atoms with Crippen molar-refractivity contribution >= 4 is 49.7 Å². The fourth-order valence-corrected chi connectivity index (χ4v) is 2.29. The zero-order valence-electron chi connectivity index (χ0n) is 15.1. The summed E-state index contributed by atoms with van der Waals surface area (Å²) in [5, 5.41) is 0. The van der Waals surface area contributed by atoms with E-state index in [9.17, 15) is 13.2 Å². The third-order valence-electron chi connectivity index (χ3n) is 3.73. The molecule has 0 bridgehead atoms. The van der Waals surface area contributed by atoms with Gasteiger partial charge in [-0.05, 0) is 43.3 Å². The summed E-state index contributed by atoms with van der Waals surface area (Å²) in [6.07, 6.45) is 1.44. The van der Waals surface area contributed by atoms with E-state index in [1.165, 1.54) is 23.9 Å². The molecule has 3 rings (SSSR count). The first kappa shape index (κ1) is 23.4. The van der Waals surface area contributed by atoms with Crippen LogP contribution in [0.5, 0.6) is 0 Å². The number of aliphatic imine (C=N–C) groups is 3. The number of nitrogens with zero attached hydrogens (tertiary/aromatic N) is 3. The Morgan fingerprint density at radius 1 is 0.931 bits per heavy atom. The maximum atomic E-state index is 12.5. The van der Waals surface area contributed by atoms with Gasteiger partial charge < -0.3 is 0 Å². The number of hydrogen-bond acceptors (Lipinski definition) is 3. The Morgan fingerprint density at radius 2 is 1.45 bits per heavy atom. The molecule has 0 radical (unpaired) electrons. The quantitative estimate of drug-likeness (QED) is 0.326. The molecule has 0 unspecified atom stereocenters. The summed E-state index contributed by atoms with van der Waals surface area (Å²) >= 11 is 0.194. The van der Waals surface area contributed by atoms with Gasteiger partial charge in [0.05, 0.1) is 34.6 Å². The molecule has 9 heteroatoms. The summed E-state index contributed by atoms with van der Waals surface area (Å²) in [7, 11) is 9.53. The van der Waals surface area contributed by atoms with E-state index in [1.807, 2.05) is 37.3 Å². The van der Waals surface area contributed by atoms with Crippen molar-refractivity contribution in [2.75, 3.05) is 0 Å². The van der Waals surface area contributed by atoms with Crippen molar-refractivity contribution in [3.05, 3.63) is 71.4 Å². The van der Waals surface area contributed by atoms with Gasteiger partial charge in [-0.3, -0.25) is 15.0 Å². The molecule has 0 aromatic heterocycles. The molecule has 0 aliphatic carbocycles. The fourth-order valence-electron chi connectivity index (χ4n) is 2.29. The normalized spacial score (nSPS) is 14.1. The fraction of sp³-hybridized carbons (Fsp3) is 0.150. The van der Waals surface area contributed by atoms with Gasteiger partial charge in [-0.25, -0.2) is 0 Å². The first-order valence-corrected chi connectivity index (χ1v) is 11.3. The van der Waals surface area contributed by atoms with Crippen LogP contribution in [0.25, 0.3) is 0 Å². The molecule has 0 N–H and O–H groups in total. The molecule has 1 aliphatic rings. The van der Waals surface area contributed by atoms with E-state index in [-0.39, 0.29) is 13.1 Å². The first-order valence-electron chi connectivity index (χ1n) is 8.27. The van der Waals surface area contributed by atoms with Gasteiger partial charge in [-0.15, -0.1) is 0 Å². The molecule has 1 aliphatic heterocycles. The molecule has 3 nitrogen and oxygen atoms in total. The van der Waals surface area contributed by atoms with Gasteiger partial charge in [0.1, 0.15) is 0 Å². The number of aryl methyl sites for hydroxylation is 1. The second-order valence-electron chi connectivity index (χ2n) is 5.88. The summed E-state index contributed by atoms with van der Waals surface area (Å²) < 4.78 is 37.6. The molecule has 2 aromatic rings. The molecule has 0 atom stereocenters. The number of alkyl halides is 3. The van der Waals surface area contributed by atoms with Gasteiger partial charge in [0.25, 0.3) is 0 Å². The molecule has 0 amide bonds. The van der Waals surface area contributed by atoms with Crippen molar-refractivity contribution in [1.82, 2.24) is 0 Å². The van der Waals surface area contributed by atoms with Crippen molar-refractivity contribution < 1.29 is 26.3 Å². The Labute approximate surface area is 181 Å². The van der Waals surface area contributed by atoms with E-state index in [0.29, 0.717) is 17.8 Å². The standard InChI is InChI=1S/C20H16F3N3.2ClH.Fe/c1-14-2-6-16(7-3-14)24-12-18-10-11-19(26-18)13-25-17-8-4-15(5-9-17)20(21,22)23;;;/h2-9,11-13H,10H2,1H3;2*1H;/q;;;+2/p-2. The van der Waals surface area contributed by atoms with Gasteiger partial charge in [0, 0.05) is 12.6 Å². The van der Waals surface area contributed by atoms with E-state index >= 15 is 0 Å². The average Bonchev–Trinajstić information content (AvgIpc) is 3.14. The molecular formula is C20H16Cl2F3FeN3. The van der Waals surface area contributed by atoms with Gasteiger partial charge in [-0.1, -0.05) is 23.8 Å². The van der Waals surface area contributed by atoms with E-state index < -0.39 is 11.7 Å². The predicted octanol–water partition coefficient (Wildman–Crippen LogP) is 7.22. The molecule has 0 saturated carbocycles. The van der Waals surface area contributed by atoms with Crippen LogP contribution in [-0.2, 0) is 19.3 Å². The molecule has 154 valence electrons. The minimum absolute atomic E-state index is 0.194. The summed E-state index contributed by atoms with van der Waals surface area (Å²) in [5.74, 6) is 0. The summed E-state index contributed by atoms with van der Waals surface area (Å²) in [5.41, 5.74) is 3.24. The number of benzene rings is 2. The first-order chi connectivity index (χ1) is 13.8. The van der Waals surface area contributed by atoms with Crippen molar-refractivity contribution in [2.45, 2.75) is 19.5 Å². The van der Waals surface area contributed by atoms with Crippen LogP contribution >= 0.6 is 20.2 Å². The zero-order valence-corrected chi connectivity index (χ0v) is 17.8. The van der Waals surface area contributed by atoms with Gasteiger partial charge in [0.2, 0.25) is 0 Å². The molecule has 0 saturated heterocycles. The zero-order chi connectivity index (χ0) is 21.3. The third kappa shape index (κ3) is 8.15. The Kier molecular flexibility index (Phi) is 9.11. The van der Waals surface area contributed by atoms with Crippen molar-refractivity contribution in [3.8, 4) is 0 Å². The van der Waals surface area contributed by atoms with Gasteiger partial charge in [0.15, 0.2) is 0 Å². The Balaban J connectivity index is 0.000000941.